The Morgan fingerprint density at radius 3 is 2.80 bits per heavy atom. The van der Waals surface area contributed by atoms with Gasteiger partial charge in [0.1, 0.15) is 5.75 Å². The van der Waals surface area contributed by atoms with Gasteiger partial charge in [-0.1, -0.05) is 12.1 Å². The summed E-state index contributed by atoms with van der Waals surface area (Å²) in [6, 6.07) is 7.83. The summed E-state index contributed by atoms with van der Waals surface area (Å²) in [5.74, 6) is 1.58. The minimum absolute atomic E-state index is 0.746. The lowest BCUT2D eigenvalue weighted by Crippen LogP contribution is -1.90. The van der Waals surface area contributed by atoms with Crippen molar-refractivity contribution < 1.29 is 4.74 Å². The highest BCUT2D eigenvalue weighted by Crippen LogP contribution is 2.28. The topological polar surface area (TPSA) is 49.9 Å². The number of para-hydroxylation sites is 1. The van der Waals surface area contributed by atoms with E-state index in [1.807, 2.05) is 31.3 Å². The van der Waals surface area contributed by atoms with E-state index in [-0.39, 0.29) is 0 Å². The molecular formula is C11H13N3O. The van der Waals surface area contributed by atoms with Crippen LogP contribution < -0.4 is 10.1 Å². The largest absolute Gasteiger partial charge is 0.496 e. The molecule has 0 radical (unpaired) electrons. The second-order valence-electron chi connectivity index (χ2n) is 3.10. The van der Waals surface area contributed by atoms with Gasteiger partial charge in [0.2, 0.25) is 0 Å². The first-order valence-corrected chi connectivity index (χ1v) is 4.71. The Morgan fingerprint density at radius 2 is 2.13 bits per heavy atom. The zero-order chi connectivity index (χ0) is 10.7. The second kappa shape index (κ2) is 4.04. The minimum Gasteiger partial charge on any atom is -0.496 e. The highest BCUT2D eigenvalue weighted by atomic mass is 16.5. The van der Waals surface area contributed by atoms with E-state index in [4.69, 9.17) is 4.74 Å². The van der Waals surface area contributed by atoms with Gasteiger partial charge in [-0.2, -0.15) is 0 Å². The molecule has 4 heteroatoms. The van der Waals surface area contributed by atoms with Crippen LogP contribution in [0, 0.1) is 0 Å². The summed E-state index contributed by atoms with van der Waals surface area (Å²) in [4.78, 5) is 7.32. The molecule has 4 nitrogen and oxygen atoms in total. The Labute approximate surface area is 88.3 Å². The van der Waals surface area contributed by atoms with Crippen LogP contribution in [0.1, 0.15) is 0 Å². The molecule has 1 heterocycles. The molecule has 2 N–H and O–H groups in total. The number of anilines is 1. The molecule has 1 aromatic heterocycles. The van der Waals surface area contributed by atoms with Crippen LogP contribution in [0.5, 0.6) is 5.75 Å². The summed E-state index contributed by atoms with van der Waals surface area (Å²) in [5.41, 5.74) is 1.95. The number of hydrogen-bond donors (Lipinski definition) is 2. The van der Waals surface area contributed by atoms with E-state index in [0.29, 0.717) is 0 Å². The third kappa shape index (κ3) is 1.79. The molecule has 15 heavy (non-hydrogen) atoms. The minimum atomic E-state index is 0.746. The van der Waals surface area contributed by atoms with E-state index in [2.05, 4.69) is 15.3 Å². The summed E-state index contributed by atoms with van der Waals surface area (Å²) in [6.07, 6.45) is 1.78. The molecule has 2 rings (SSSR count). The van der Waals surface area contributed by atoms with Crippen LogP contribution >= 0.6 is 0 Å². The van der Waals surface area contributed by atoms with Crippen molar-refractivity contribution in [2.45, 2.75) is 0 Å². The molecule has 78 valence electrons. The first-order valence-electron chi connectivity index (χ1n) is 4.71. The van der Waals surface area contributed by atoms with Crippen LogP contribution in [0.15, 0.2) is 30.5 Å². The summed E-state index contributed by atoms with van der Waals surface area (Å²) in [7, 11) is 3.49. The number of H-pyrrole nitrogens is 1. The van der Waals surface area contributed by atoms with Crippen molar-refractivity contribution in [1.82, 2.24) is 9.97 Å². The number of methoxy groups -OCH3 is 1. The third-order valence-electron chi connectivity index (χ3n) is 2.21. The van der Waals surface area contributed by atoms with E-state index < -0.39 is 0 Å². The normalized spacial score (nSPS) is 10.0. The number of hydrogen-bond acceptors (Lipinski definition) is 3. The number of aromatic nitrogens is 2. The van der Waals surface area contributed by atoms with Gasteiger partial charge in [-0.15, -0.1) is 0 Å². The van der Waals surface area contributed by atoms with Gasteiger partial charge in [-0.05, 0) is 12.1 Å². The monoisotopic (exact) mass is 203 g/mol. The molecule has 2 aromatic rings. The average Bonchev–Trinajstić information content (AvgIpc) is 2.77. The molecule has 0 aliphatic carbocycles. The van der Waals surface area contributed by atoms with Gasteiger partial charge in [-0.3, -0.25) is 0 Å². The van der Waals surface area contributed by atoms with Gasteiger partial charge < -0.3 is 15.0 Å². The van der Waals surface area contributed by atoms with Crippen molar-refractivity contribution in [3.8, 4) is 17.0 Å². The van der Waals surface area contributed by atoms with Crippen LogP contribution in [-0.2, 0) is 0 Å². The van der Waals surface area contributed by atoms with Crippen molar-refractivity contribution in [3.05, 3.63) is 30.5 Å². The molecule has 0 spiro atoms. The van der Waals surface area contributed by atoms with E-state index in [1.54, 1.807) is 13.3 Å². The second-order valence-corrected chi connectivity index (χ2v) is 3.10. The number of nitrogens with zero attached hydrogens (tertiary/aromatic N) is 1. The molecule has 0 saturated heterocycles. The maximum Gasteiger partial charge on any atom is 0.200 e. The van der Waals surface area contributed by atoms with E-state index in [9.17, 15) is 0 Å². The molecule has 0 aliphatic rings. The molecule has 0 amide bonds. The van der Waals surface area contributed by atoms with E-state index in [0.717, 1.165) is 23.0 Å². The van der Waals surface area contributed by atoms with Crippen molar-refractivity contribution in [3.63, 3.8) is 0 Å². The zero-order valence-electron chi connectivity index (χ0n) is 8.74. The Kier molecular flexibility index (Phi) is 2.58. The van der Waals surface area contributed by atoms with Crippen LogP contribution in [0.3, 0.4) is 0 Å². The Morgan fingerprint density at radius 1 is 1.33 bits per heavy atom. The lowest BCUT2D eigenvalue weighted by Gasteiger charge is -2.05. The van der Waals surface area contributed by atoms with Gasteiger partial charge in [0.25, 0.3) is 0 Å². The SMILES string of the molecule is CNc1ncc(-c2ccccc2OC)[nH]1. The number of aromatic amines is 1. The molecule has 0 saturated carbocycles. The maximum atomic E-state index is 5.27. The Bertz CT molecular complexity index is 451. The van der Waals surface area contributed by atoms with Gasteiger partial charge in [0, 0.05) is 12.6 Å². The van der Waals surface area contributed by atoms with Gasteiger partial charge in [-0.25, -0.2) is 4.98 Å². The number of imidazole rings is 1. The standard InChI is InChI=1S/C11H13N3O/c1-12-11-13-7-9(14-11)8-5-3-4-6-10(8)15-2/h3-7H,1-2H3,(H2,12,13,14). The Balaban J connectivity index is 2.44. The molecular weight excluding hydrogens is 190 g/mol. The number of nitrogens with one attached hydrogen (secondary N) is 2. The van der Waals surface area contributed by atoms with Gasteiger partial charge in [0.05, 0.1) is 19.0 Å². The fourth-order valence-electron chi connectivity index (χ4n) is 1.45. The molecule has 1 aromatic carbocycles. The first-order chi connectivity index (χ1) is 7.35. The fraction of sp³-hybridized carbons (Fsp3) is 0.182. The first kappa shape index (κ1) is 9.58. The summed E-state index contributed by atoms with van der Waals surface area (Å²) in [6.45, 7) is 0. The molecule has 0 unspecified atom stereocenters. The lowest BCUT2D eigenvalue weighted by molar-refractivity contribution is 0.416. The highest BCUT2D eigenvalue weighted by Gasteiger charge is 2.06. The molecule has 0 atom stereocenters. The summed E-state index contributed by atoms with van der Waals surface area (Å²) >= 11 is 0. The lowest BCUT2D eigenvalue weighted by atomic mass is 10.1. The smallest absolute Gasteiger partial charge is 0.200 e. The molecule has 0 fully saturated rings. The van der Waals surface area contributed by atoms with Crippen LogP contribution in [0.2, 0.25) is 0 Å². The summed E-state index contributed by atoms with van der Waals surface area (Å²) < 4.78 is 5.27. The Hall–Kier alpha value is -1.97. The van der Waals surface area contributed by atoms with Gasteiger partial charge >= 0.3 is 0 Å². The number of rotatable bonds is 3. The van der Waals surface area contributed by atoms with Crippen molar-refractivity contribution >= 4 is 5.95 Å². The average molecular weight is 203 g/mol. The van der Waals surface area contributed by atoms with Crippen molar-refractivity contribution in [2.75, 3.05) is 19.5 Å². The van der Waals surface area contributed by atoms with Crippen LogP contribution in [-0.4, -0.2) is 24.1 Å². The van der Waals surface area contributed by atoms with E-state index in [1.165, 1.54) is 0 Å². The predicted molar refractivity (Wildman–Crippen MR) is 60.1 cm³/mol. The quantitative estimate of drug-likeness (QED) is 0.803. The highest BCUT2D eigenvalue weighted by molar-refractivity contribution is 5.67. The number of benzene rings is 1. The maximum absolute atomic E-state index is 5.27. The summed E-state index contributed by atoms with van der Waals surface area (Å²) in [5, 5.41) is 2.95. The van der Waals surface area contributed by atoms with Gasteiger partial charge in [0.15, 0.2) is 5.95 Å². The molecule has 0 bridgehead atoms. The zero-order valence-corrected chi connectivity index (χ0v) is 8.74. The third-order valence-corrected chi connectivity index (χ3v) is 2.21. The fourth-order valence-corrected chi connectivity index (χ4v) is 1.45. The molecule has 0 aliphatic heterocycles. The van der Waals surface area contributed by atoms with Crippen molar-refractivity contribution in [1.29, 1.82) is 0 Å². The predicted octanol–water partition coefficient (Wildman–Crippen LogP) is 2.13. The van der Waals surface area contributed by atoms with Crippen LogP contribution in [0.4, 0.5) is 5.95 Å². The van der Waals surface area contributed by atoms with Crippen molar-refractivity contribution in [2.24, 2.45) is 0 Å². The number of ether oxygens (including phenoxy) is 1. The van der Waals surface area contributed by atoms with Crippen LogP contribution in [0.25, 0.3) is 11.3 Å². The van der Waals surface area contributed by atoms with E-state index >= 15 is 0 Å².